The van der Waals surface area contributed by atoms with Crippen molar-refractivity contribution in [1.29, 1.82) is 0 Å². The monoisotopic (exact) mass is 528 g/mol. The molecule has 0 spiro atoms. The summed E-state index contributed by atoms with van der Waals surface area (Å²) in [7, 11) is 2.04. The first-order valence-corrected chi connectivity index (χ1v) is 12.9. The smallest absolute Gasteiger partial charge is 0.303 e. The Morgan fingerprint density at radius 3 is 2.31 bits per heavy atom. The number of hydrogen-bond donors (Lipinski definition) is 2. The van der Waals surface area contributed by atoms with Crippen LogP contribution in [0.3, 0.4) is 0 Å². The van der Waals surface area contributed by atoms with E-state index >= 15 is 0 Å². The van der Waals surface area contributed by atoms with Crippen molar-refractivity contribution in [1.82, 2.24) is 9.80 Å². The number of hydrogen-bond acceptors (Lipinski definition) is 5. The number of carbonyl (C=O) groups is 3. The van der Waals surface area contributed by atoms with E-state index in [1.54, 1.807) is 30.3 Å². The third-order valence-corrected chi connectivity index (χ3v) is 7.15. The molecule has 8 nitrogen and oxygen atoms in total. The average Bonchev–Trinajstić information content (AvgIpc) is 3.25. The molecule has 0 radical (unpaired) electrons. The summed E-state index contributed by atoms with van der Waals surface area (Å²) < 4.78 is 13.9. The van der Waals surface area contributed by atoms with E-state index < -0.39 is 17.7 Å². The van der Waals surface area contributed by atoms with Crippen molar-refractivity contribution >= 4 is 34.9 Å². The molecule has 2 amide bonds. The number of carboxylic acids is 1. The second kappa shape index (κ2) is 11.2. The summed E-state index contributed by atoms with van der Waals surface area (Å²) in [6.07, 6.45) is 0.403. The highest BCUT2D eigenvalue weighted by molar-refractivity contribution is 6.24. The predicted molar refractivity (Wildman–Crippen MR) is 146 cm³/mol. The Balaban J connectivity index is 1.47. The summed E-state index contributed by atoms with van der Waals surface area (Å²) >= 11 is 0. The van der Waals surface area contributed by atoms with Crippen LogP contribution in [-0.4, -0.2) is 71.6 Å². The normalized spacial score (nSPS) is 17.6. The van der Waals surface area contributed by atoms with E-state index in [-0.39, 0.29) is 18.2 Å². The molecule has 1 fully saturated rings. The number of fused-ring (bicyclic) bond motifs is 1. The maximum Gasteiger partial charge on any atom is 0.303 e. The van der Waals surface area contributed by atoms with Crippen molar-refractivity contribution in [2.24, 2.45) is 4.99 Å². The van der Waals surface area contributed by atoms with Crippen molar-refractivity contribution in [2.45, 2.75) is 18.8 Å². The number of nitrogens with one attached hydrogen (secondary N) is 1. The second-order valence-electron chi connectivity index (χ2n) is 9.88. The minimum absolute atomic E-state index is 0.0173. The maximum absolute atomic E-state index is 13.9. The Bertz CT molecular complexity index is 1430. The number of aliphatic imine (C=N–C) groups is 1. The Morgan fingerprint density at radius 2 is 1.64 bits per heavy atom. The molecule has 200 valence electrons. The summed E-state index contributed by atoms with van der Waals surface area (Å²) in [6, 6.07) is 18.5. The zero-order valence-corrected chi connectivity index (χ0v) is 21.6. The van der Waals surface area contributed by atoms with Crippen LogP contribution in [0, 0.1) is 5.82 Å². The van der Waals surface area contributed by atoms with Gasteiger partial charge in [0.05, 0.1) is 11.4 Å². The Hall–Kier alpha value is -4.37. The number of piperazine rings is 1. The number of aliphatic carboxylic acids is 1. The van der Waals surface area contributed by atoms with E-state index in [2.05, 4.69) is 10.2 Å². The van der Waals surface area contributed by atoms with E-state index in [9.17, 15) is 18.8 Å². The molecule has 2 aliphatic rings. The summed E-state index contributed by atoms with van der Waals surface area (Å²) in [5.74, 6) is -2.43. The Morgan fingerprint density at radius 1 is 0.974 bits per heavy atom. The number of halogens is 1. The number of aryl methyl sites for hydroxylation is 1. The van der Waals surface area contributed by atoms with Crippen molar-refractivity contribution in [3.8, 4) is 0 Å². The van der Waals surface area contributed by atoms with Gasteiger partial charge in [-0.15, -0.1) is 0 Å². The lowest BCUT2D eigenvalue weighted by Crippen LogP contribution is -2.47. The lowest BCUT2D eigenvalue weighted by atomic mass is 9.90. The molecule has 9 heteroatoms. The van der Waals surface area contributed by atoms with Crippen LogP contribution in [0.15, 0.2) is 71.7 Å². The second-order valence-corrected chi connectivity index (χ2v) is 9.88. The van der Waals surface area contributed by atoms with Crippen molar-refractivity contribution in [3.63, 3.8) is 0 Å². The molecule has 0 bridgehead atoms. The SMILES string of the molecule is CN1CCN(C(=O)c2ccc(N=C(c3ccc(CCC(=O)O)cc3)C3C(=O)Nc4cc(F)ccc43)cc2)CC1. The van der Waals surface area contributed by atoms with Crippen LogP contribution in [0.1, 0.15) is 39.4 Å². The third-order valence-electron chi connectivity index (χ3n) is 7.15. The van der Waals surface area contributed by atoms with Crippen molar-refractivity contribution in [2.75, 3.05) is 38.5 Å². The average molecular weight is 529 g/mol. The van der Waals surface area contributed by atoms with Gasteiger partial charge in [-0.1, -0.05) is 30.3 Å². The first-order chi connectivity index (χ1) is 18.8. The molecular formula is C30H29FN4O4. The number of anilines is 1. The van der Waals surface area contributed by atoms with Gasteiger partial charge in [0.1, 0.15) is 11.7 Å². The van der Waals surface area contributed by atoms with Crippen LogP contribution in [0.25, 0.3) is 0 Å². The third kappa shape index (κ3) is 5.88. The van der Waals surface area contributed by atoms with E-state index in [1.807, 2.05) is 36.2 Å². The van der Waals surface area contributed by atoms with Gasteiger partial charge < -0.3 is 20.2 Å². The Labute approximate surface area is 225 Å². The molecule has 1 unspecified atom stereocenters. The fraction of sp³-hybridized carbons (Fsp3) is 0.267. The fourth-order valence-corrected chi connectivity index (χ4v) is 4.91. The van der Waals surface area contributed by atoms with Gasteiger partial charge >= 0.3 is 5.97 Å². The molecule has 39 heavy (non-hydrogen) atoms. The molecule has 5 rings (SSSR count). The fourth-order valence-electron chi connectivity index (χ4n) is 4.91. The topological polar surface area (TPSA) is 102 Å². The van der Waals surface area contributed by atoms with Gasteiger partial charge in [-0.2, -0.15) is 0 Å². The summed E-state index contributed by atoms with van der Waals surface area (Å²) in [4.78, 5) is 45.9. The van der Waals surface area contributed by atoms with Gasteiger partial charge in [-0.3, -0.25) is 19.4 Å². The molecule has 0 saturated carbocycles. The lowest BCUT2D eigenvalue weighted by Gasteiger charge is -2.32. The van der Waals surface area contributed by atoms with Crippen LogP contribution in [-0.2, 0) is 16.0 Å². The van der Waals surface area contributed by atoms with E-state index in [4.69, 9.17) is 10.1 Å². The molecule has 3 aromatic rings. The standard InChI is InChI=1S/C30H29FN4O4/c1-34-14-16-35(17-15-34)30(39)21-7-10-23(11-8-21)32-28(20-5-2-19(3-6-20)4-13-26(36)37)27-24-12-9-22(31)18-25(24)33-29(27)38/h2-3,5-12,18,27H,4,13-17H2,1H3,(H,33,38)(H,36,37). The number of amides is 2. The first kappa shape index (κ1) is 26.2. The van der Waals surface area contributed by atoms with E-state index in [0.717, 1.165) is 18.7 Å². The number of carbonyl (C=O) groups excluding carboxylic acids is 2. The van der Waals surface area contributed by atoms with Gasteiger partial charge in [0.25, 0.3) is 5.91 Å². The van der Waals surface area contributed by atoms with Crippen LogP contribution in [0.2, 0.25) is 0 Å². The molecule has 0 aliphatic carbocycles. The molecule has 1 saturated heterocycles. The van der Waals surface area contributed by atoms with Gasteiger partial charge in [0, 0.05) is 43.9 Å². The van der Waals surface area contributed by atoms with Gasteiger partial charge in [-0.05, 0) is 66.6 Å². The number of likely N-dealkylation sites (N-methyl/N-ethyl adjacent to an activating group) is 1. The van der Waals surface area contributed by atoms with Crippen LogP contribution < -0.4 is 5.32 Å². The predicted octanol–water partition coefficient (Wildman–Crippen LogP) is 4.09. The van der Waals surface area contributed by atoms with E-state index in [1.165, 1.54) is 12.1 Å². The molecule has 0 aromatic heterocycles. The molecule has 3 aromatic carbocycles. The van der Waals surface area contributed by atoms with E-state index in [0.29, 0.717) is 53.3 Å². The number of carboxylic acid groups (broad SMARTS) is 1. The van der Waals surface area contributed by atoms with Crippen LogP contribution in [0.4, 0.5) is 15.8 Å². The molecule has 1 atom stereocenters. The molecule has 2 aliphatic heterocycles. The number of nitrogens with zero attached hydrogens (tertiary/aromatic N) is 3. The molecular weight excluding hydrogens is 499 g/mol. The number of rotatable bonds is 7. The summed E-state index contributed by atoms with van der Waals surface area (Å²) in [5.41, 5.74) is 4.18. The zero-order chi connectivity index (χ0) is 27.5. The van der Waals surface area contributed by atoms with Gasteiger partial charge in [0.15, 0.2) is 0 Å². The number of benzene rings is 3. The maximum atomic E-state index is 13.9. The minimum Gasteiger partial charge on any atom is -0.481 e. The zero-order valence-electron chi connectivity index (χ0n) is 21.6. The van der Waals surface area contributed by atoms with Crippen molar-refractivity contribution in [3.05, 3.63) is 94.8 Å². The quantitative estimate of drug-likeness (QED) is 0.450. The largest absolute Gasteiger partial charge is 0.481 e. The highest BCUT2D eigenvalue weighted by Crippen LogP contribution is 2.37. The van der Waals surface area contributed by atoms with Crippen LogP contribution in [0.5, 0.6) is 0 Å². The van der Waals surface area contributed by atoms with Crippen LogP contribution >= 0.6 is 0 Å². The van der Waals surface area contributed by atoms with Crippen molar-refractivity contribution < 1.29 is 23.9 Å². The molecule has 2 N–H and O–H groups in total. The first-order valence-electron chi connectivity index (χ1n) is 12.9. The molecule has 2 heterocycles. The van der Waals surface area contributed by atoms with Gasteiger partial charge in [-0.25, -0.2) is 4.39 Å². The van der Waals surface area contributed by atoms with Gasteiger partial charge in [0.2, 0.25) is 5.91 Å². The lowest BCUT2D eigenvalue weighted by molar-refractivity contribution is -0.137. The highest BCUT2D eigenvalue weighted by Gasteiger charge is 2.35. The summed E-state index contributed by atoms with van der Waals surface area (Å²) in [5, 5.41) is 11.7. The highest BCUT2D eigenvalue weighted by atomic mass is 19.1. The Kier molecular flexibility index (Phi) is 7.51. The minimum atomic E-state index is -0.873. The summed E-state index contributed by atoms with van der Waals surface area (Å²) in [6.45, 7) is 3.03.